The molecule has 0 bridgehead atoms. The first-order valence-corrected chi connectivity index (χ1v) is 10.2. The van der Waals surface area contributed by atoms with Gasteiger partial charge in [-0.3, -0.25) is 4.79 Å². The number of aliphatic imine (C=N–C) groups is 1. The van der Waals surface area contributed by atoms with Gasteiger partial charge in [-0.25, -0.2) is 4.99 Å². The van der Waals surface area contributed by atoms with Crippen LogP contribution in [0.1, 0.15) is 43.7 Å². The van der Waals surface area contributed by atoms with Crippen LogP contribution in [0.15, 0.2) is 59.6 Å². The van der Waals surface area contributed by atoms with Crippen LogP contribution in [0.5, 0.6) is 0 Å². The number of carbonyl (C=O) groups excluding carboxylic acids is 1. The first-order chi connectivity index (χ1) is 13.7. The Labute approximate surface area is 190 Å². The highest BCUT2D eigenvalue weighted by Gasteiger charge is 2.22. The lowest BCUT2D eigenvalue weighted by Gasteiger charge is -2.12. The van der Waals surface area contributed by atoms with Crippen molar-refractivity contribution < 1.29 is 4.79 Å². The van der Waals surface area contributed by atoms with Crippen LogP contribution in [0.3, 0.4) is 0 Å². The molecule has 0 aromatic heterocycles. The molecule has 0 atom stereocenters. The van der Waals surface area contributed by atoms with E-state index in [2.05, 4.69) is 40.0 Å². The smallest absolute Gasteiger partial charge is 0.227 e. The summed E-state index contributed by atoms with van der Waals surface area (Å²) in [7, 11) is 0. The second-order valence-electron chi connectivity index (χ2n) is 7.21. The van der Waals surface area contributed by atoms with Crippen LogP contribution in [0.2, 0.25) is 0 Å². The topological polar surface area (TPSA) is 65.5 Å². The van der Waals surface area contributed by atoms with Crippen LogP contribution in [-0.2, 0) is 17.9 Å². The first-order valence-electron chi connectivity index (χ1n) is 10.2. The molecule has 2 aromatic rings. The predicted octanol–water partition coefficient (Wildman–Crippen LogP) is 4.69. The molecule has 1 fully saturated rings. The monoisotopic (exact) mass is 506 g/mol. The predicted molar refractivity (Wildman–Crippen MR) is 131 cm³/mol. The molecule has 29 heavy (non-hydrogen) atoms. The molecule has 1 amide bonds. The quantitative estimate of drug-likeness (QED) is 0.290. The van der Waals surface area contributed by atoms with E-state index in [-0.39, 0.29) is 35.8 Å². The van der Waals surface area contributed by atoms with Crippen LogP contribution in [0.25, 0.3) is 0 Å². The van der Waals surface area contributed by atoms with E-state index in [0.29, 0.717) is 6.54 Å². The fraction of sp³-hybridized carbons (Fsp3) is 0.391. The standard InChI is InChI=1S/C23H30N4O.HI/c1-2-24-23(25-16-18-9-4-3-5-10-18)26-17-19-11-8-14-21(15-19)27-22(28)20-12-6-7-13-20;/h3-5,8-11,14-15,20H,2,6-7,12-13,16-17H2,1H3,(H,27,28)(H2,24,25,26);1H. The van der Waals surface area contributed by atoms with Gasteiger partial charge in [0.25, 0.3) is 0 Å². The SMILES string of the molecule is CCNC(=NCc1cccc(NC(=O)C2CCCC2)c1)NCc1ccccc1.I. The van der Waals surface area contributed by atoms with Gasteiger partial charge in [0.1, 0.15) is 0 Å². The molecule has 0 saturated heterocycles. The molecule has 0 spiro atoms. The van der Waals surface area contributed by atoms with E-state index in [9.17, 15) is 4.79 Å². The Morgan fingerprint density at radius 2 is 1.72 bits per heavy atom. The molecule has 3 rings (SSSR count). The third kappa shape index (κ3) is 7.68. The van der Waals surface area contributed by atoms with Gasteiger partial charge in [-0.05, 0) is 43.0 Å². The van der Waals surface area contributed by atoms with E-state index in [4.69, 9.17) is 0 Å². The summed E-state index contributed by atoms with van der Waals surface area (Å²) in [5.74, 6) is 1.10. The van der Waals surface area contributed by atoms with Crippen molar-refractivity contribution in [1.82, 2.24) is 10.6 Å². The maximum Gasteiger partial charge on any atom is 0.227 e. The Balaban J connectivity index is 0.00000300. The molecule has 0 unspecified atom stereocenters. The Kier molecular flexibility index (Phi) is 9.97. The molecule has 156 valence electrons. The van der Waals surface area contributed by atoms with Crippen molar-refractivity contribution in [2.45, 2.75) is 45.7 Å². The van der Waals surface area contributed by atoms with Gasteiger partial charge >= 0.3 is 0 Å². The largest absolute Gasteiger partial charge is 0.357 e. The number of nitrogens with one attached hydrogen (secondary N) is 3. The fourth-order valence-electron chi connectivity index (χ4n) is 3.47. The van der Waals surface area contributed by atoms with Crippen molar-refractivity contribution in [3.63, 3.8) is 0 Å². The van der Waals surface area contributed by atoms with Gasteiger partial charge in [0.2, 0.25) is 5.91 Å². The Bertz CT molecular complexity index is 788. The van der Waals surface area contributed by atoms with E-state index in [1.807, 2.05) is 42.5 Å². The van der Waals surface area contributed by atoms with Crippen molar-refractivity contribution in [1.29, 1.82) is 0 Å². The van der Waals surface area contributed by atoms with Gasteiger partial charge in [-0.2, -0.15) is 0 Å². The molecular formula is C23H31IN4O. The van der Waals surface area contributed by atoms with E-state index in [1.165, 1.54) is 5.56 Å². The van der Waals surface area contributed by atoms with Crippen LogP contribution in [-0.4, -0.2) is 18.4 Å². The minimum Gasteiger partial charge on any atom is -0.357 e. The lowest BCUT2D eigenvalue weighted by atomic mass is 10.1. The lowest BCUT2D eigenvalue weighted by molar-refractivity contribution is -0.119. The van der Waals surface area contributed by atoms with Crippen LogP contribution >= 0.6 is 24.0 Å². The summed E-state index contributed by atoms with van der Waals surface area (Å²) >= 11 is 0. The van der Waals surface area contributed by atoms with Crippen molar-refractivity contribution in [3.05, 3.63) is 65.7 Å². The third-order valence-electron chi connectivity index (χ3n) is 4.99. The summed E-state index contributed by atoms with van der Waals surface area (Å²) < 4.78 is 0. The third-order valence-corrected chi connectivity index (χ3v) is 4.99. The molecular weight excluding hydrogens is 475 g/mol. The van der Waals surface area contributed by atoms with E-state index >= 15 is 0 Å². The Morgan fingerprint density at radius 1 is 1.00 bits per heavy atom. The summed E-state index contributed by atoms with van der Waals surface area (Å²) in [6.07, 6.45) is 4.34. The minimum absolute atomic E-state index is 0. The number of benzene rings is 2. The zero-order valence-electron chi connectivity index (χ0n) is 17.0. The number of halogens is 1. The van der Waals surface area contributed by atoms with E-state index in [1.54, 1.807) is 0 Å². The summed E-state index contributed by atoms with van der Waals surface area (Å²) in [6.45, 7) is 4.14. The summed E-state index contributed by atoms with van der Waals surface area (Å²) in [5.41, 5.74) is 3.14. The van der Waals surface area contributed by atoms with Gasteiger partial charge in [-0.1, -0.05) is 55.3 Å². The molecule has 6 heteroatoms. The molecule has 1 saturated carbocycles. The highest BCUT2D eigenvalue weighted by molar-refractivity contribution is 14.0. The molecule has 1 aliphatic rings. The summed E-state index contributed by atoms with van der Waals surface area (Å²) in [5, 5.41) is 9.70. The number of hydrogen-bond donors (Lipinski definition) is 3. The van der Waals surface area contributed by atoms with Crippen molar-refractivity contribution in [2.75, 3.05) is 11.9 Å². The average Bonchev–Trinajstić information content (AvgIpc) is 3.26. The second-order valence-corrected chi connectivity index (χ2v) is 7.21. The number of guanidine groups is 1. The number of hydrogen-bond acceptors (Lipinski definition) is 2. The maximum atomic E-state index is 12.3. The molecule has 0 heterocycles. The number of amides is 1. The van der Waals surface area contributed by atoms with Gasteiger partial charge in [0.05, 0.1) is 6.54 Å². The highest BCUT2D eigenvalue weighted by atomic mass is 127. The van der Waals surface area contributed by atoms with Crippen LogP contribution < -0.4 is 16.0 Å². The Hall–Kier alpha value is -2.09. The first kappa shape index (κ1) is 23.2. The number of carbonyl (C=O) groups is 1. The van der Waals surface area contributed by atoms with Crippen molar-refractivity contribution >= 4 is 41.5 Å². The highest BCUT2D eigenvalue weighted by Crippen LogP contribution is 2.26. The average molecular weight is 506 g/mol. The van der Waals surface area contributed by atoms with Crippen molar-refractivity contribution in [2.24, 2.45) is 10.9 Å². The molecule has 0 radical (unpaired) electrons. The zero-order valence-corrected chi connectivity index (χ0v) is 19.3. The number of rotatable bonds is 7. The van der Waals surface area contributed by atoms with Crippen LogP contribution in [0, 0.1) is 5.92 Å². The van der Waals surface area contributed by atoms with Gasteiger partial charge in [0.15, 0.2) is 5.96 Å². The normalized spacial score (nSPS) is 14.2. The lowest BCUT2D eigenvalue weighted by Crippen LogP contribution is -2.36. The van der Waals surface area contributed by atoms with Crippen molar-refractivity contribution in [3.8, 4) is 0 Å². The van der Waals surface area contributed by atoms with E-state index in [0.717, 1.165) is 56.0 Å². The van der Waals surface area contributed by atoms with E-state index < -0.39 is 0 Å². The van der Waals surface area contributed by atoms with Gasteiger partial charge in [-0.15, -0.1) is 24.0 Å². The molecule has 5 nitrogen and oxygen atoms in total. The molecule has 0 aliphatic heterocycles. The number of anilines is 1. The summed E-state index contributed by atoms with van der Waals surface area (Å²) in [4.78, 5) is 17.0. The molecule has 3 N–H and O–H groups in total. The van der Waals surface area contributed by atoms with Gasteiger partial charge < -0.3 is 16.0 Å². The maximum absolute atomic E-state index is 12.3. The number of nitrogens with zero attached hydrogens (tertiary/aromatic N) is 1. The molecule has 1 aliphatic carbocycles. The molecule has 2 aromatic carbocycles. The minimum atomic E-state index is 0. The Morgan fingerprint density at radius 3 is 2.45 bits per heavy atom. The second kappa shape index (κ2) is 12.5. The summed E-state index contributed by atoms with van der Waals surface area (Å²) in [6, 6.07) is 18.2. The van der Waals surface area contributed by atoms with Gasteiger partial charge in [0, 0.05) is 24.7 Å². The fourth-order valence-corrected chi connectivity index (χ4v) is 3.47. The van der Waals surface area contributed by atoms with Crippen LogP contribution in [0.4, 0.5) is 5.69 Å². The zero-order chi connectivity index (χ0) is 19.6.